The average molecular weight is 638 g/mol. The van der Waals surface area contributed by atoms with E-state index in [0.717, 1.165) is 62.6 Å². The highest BCUT2D eigenvalue weighted by atomic mass is 32.2. The normalized spacial score (nSPS) is 28.1. The molecular formula is C32H45F6NO3S. The van der Waals surface area contributed by atoms with E-state index < -0.39 is 36.1 Å². The number of carbonyl (C=O) groups is 1. The fraction of sp³-hybridized carbons (Fsp3) is 0.781. The smallest absolute Gasteiger partial charge is 0.453 e. The monoisotopic (exact) mass is 637 g/mol. The van der Waals surface area contributed by atoms with Crippen LogP contribution in [-0.4, -0.2) is 64.1 Å². The van der Waals surface area contributed by atoms with E-state index in [1.165, 1.54) is 6.07 Å². The molecule has 1 aromatic carbocycles. The Balaban J connectivity index is 1.20. The van der Waals surface area contributed by atoms with Crippen LogP contribution in [0.3, 0.4) is 0 Å². The largest absolute Gasteiger partial charge is 0.616 e. The Morgan fingerprint density at radius 1 is 1.05 bits per heavy atom. The fourth-order valence-electron chi connectivity index (χ4n) is 8.19. The van der Waals surface area contributed by atoms with Crippen molar-refractivity contribution < 1.29 is 40.8 Å². The molecule has 2 fully saturated rings. The van der Waals surface area contributed by atoms with Crippen molar-refractivity contribution in [3.63, 3.8) is 0 Å². The van der Waals surface area contributed by atoms with Crippen LogP contribution in [0.15, 0.2) is 12.1 Å². The lowest BCUT2D eigenvalue weighted by molar-refractivity contribution is -0.284. The second-order valence-corrected chi connectivity index (χ2v) is 15.0. The molecule has 6 atom stereocenters. The highest BCUT2D eigenvalue weighted by molar-refractivity contribution is 7.91. The van der Waals surface area contributed by atoms with E-state index in [-0.39, 0.29) is 46.2 Å². The molecule has 1 aromatic rings. The Labute approximate surface area is 254 Å². The SMILES string of the molecule is CN(CCCCC[C@@H]1Cc2cc(O)cc(F)c2[C@H]2CC[C@]3(C)C(=O)CC[C@H]3[C@H]12)CCC[S+]([O-])CCCC(F)(F)C(F)(F)F. The molecule has 0 saturated heterocycles. The van der Waals surface area contributed by atoms with Gasteiger partial charge in [-0.05, 0) is 99.4 Å². The molecule has 0 spiro atoms. The molecule has 0 amide bonds. The lowest BCUT2D eigenvalue weighted by atomic mass is 9.52. The molecule has 3 aliphatic rings. The molecule has 4 rings (SSSR count). The van der Waals surface area contributed by atoms with Crippen molar-refractivity contribution in [2.75, 3.05) is 31.6 Å². The predicted molar refractivity (Wildman–Crippen MR) is 155 cm³/mol. The molecule has 0 radical (unpaired) electrons. The summed E-state index contributed by atoms with van der Waals surface area (Å²) in [4.78, 5) is 15.0. The number of ketones is 1. The minimum absolute atomic E-state index is 0.0417. The van der Waals surface area contributed by atoms with Gasteiger partial charge in [-0.3, -0.25) is 4.79 Å². The molecule has 1 N–H and O–H groups in total. The molecule has 4 nitrogen and oxygen atoms in total. The summed E-state index contributed by atoms with van der Waals surface area (Å²) in [6, 6.07) is 2.94. The number of fused-ring (bicyclic) bond motifs is 5. The first-order chi connectivity index (χ1) is 20.1. The third-order valence-corrected chi connectivity index (χ3v) is 11.9. The zero-order chi connectivity index (χ0) is 31.6. The molecule has 43 heavy (non-hydrogen) atoms. The molecule has 2 saturated carbocycles. The highest BCUT2D eigenvalue weighted by Gasteiger charge is 2.58. The van der Waals surface area contributed by atoms with Gasteiger partial charge in [0.25, 0.3) is 0 Å². The number of nitrogens with zero attached hydrogens (tertiary/aromatic N) is 1. The summed E-state index contributed by atoms with van der Waals surface area (Å²) in [5.74, 6) is -3.71. The molecule has 0 heterocycles. The maximum Gasteiger partial charge on any atom is 0.453 e. The van der Waals surface area contributed by atoms with E-state index in [0.29, 0.717) is 37.5 Å². The number of phenols is 1. The zero-order valence-electron chi connectivity index (χ0n) is 25.2. The number of unbranched alkanes of at least 4 members (excludes halogenated alkanes) is 2. The number of phenolic OH excluding ortho intramolecular Hbond substituents is 1. The summed E-state index contributed by atoms with van der Waals surface area (Å²) in [7, 11) is 1.95. The van der Waals surface area contributed by atoms with E-state index in [4.69, 9.17) is 0 Å². The van der Waals surface area contributed by atoms with Gasteiger partial charge < -0.3 is 14.6 Å². The third-order valence-electron chi connectivity index (χ3n) is 10.4. The highest BCUT2D eigenvalue weighted by Crippen LogP contribution is 2.62. The van der Waals surface area contributed by atoms with Gasteiger partial charge in [0, 0.05) is 37.3 Å². The van der Waals surface area contributed by atoms with Crippen LogP contribution in [0.2, 0.25) is 0 Å². The van der Waals surface area contributed by atoms with Gasteiger partial charge in [-0.1, -0.05) is 30.9 Å². The van der Waals surface area contributed by atoms with Crippen molar-refractivity contribution in [2.45, 2.75) is 102 Å². The van der Waals surface area contributed by atoms with E-state index in [9.17, 15) is 36.4 Å². The summed E-state index contributed by atoms with van der Waals surface area (Å²) in [5, 5.41) is 10.1. The maximum absolute atomic E-state index is 15.1. The Kier molecular flexibility index (Phi) is 11.1. The van der Waals surface area contributed by atoms with Crippen molar-refractivity contribution in [2.24, 2.45) is 23.2 Å². The van der Waals surface area contributed by atoms with Gasteiger partial charge in [-0.2, -0.15) is 22.0 Å². The first-order valence-corrected chi connectivity index (χ1v) is 17.2. The number of rotatable bonds is 14. The van der Waals surface area contributed by atoms with E-state index in [2.05, 4.69) is 11.8 Å². The molecule has 244 valence electrons. The molecule has 11 heteroatoms. The predicted octanol–water partition coefficient (Wildman–Crippen LogP) is 7.79. The van der Waals surface area contributed by atoms with Gasteiger partial charge in [0.2, 0.25) is 0 Å². The minimum atomic E-state index is -5.57. The van der Waals surface area contributed by atoms with Crippen LogP contribution in [0, 0.1) is 29.0 Å². The number of hydrogen-bond donors (Lipinski definition) is 1. The second kappa shape index (κ2) is 13.9. The van der Waals surface area contributed by atoms with Gasteiger partial charge in [0.15, 0.2) is 0 Å². The lowest BCUT2D eigenvalue weighted by Gasteiger charge is -2.51. The average Bonchev–Trinajstić information content (AvgIpc) is 3.21. The van der Waals surface area contributed by atoms with E-state index >= 15 is 4.39 Å². The zero-order valence-corrected chi connectivity index (χ0v) is 26.0. The van der Waals surface area contributed by atoms with Crippen molar-refractivity contribution in [3.8, 4) is 5.75 Å². The molecular weight excluding hydrogens is 592 g/mol. The summed E-state index contributed by atoms with van der Waals surface area (Å²) >= 11 is -1.43. The van der Waals surface area contributed by atoms with Crippen LogP contribution >= 0.6 is 0 Å². The van der Waals surface area contributed by atoms with Gasteiger partial charge in [0.05, 0.1) is 0 Å². The van der Waals surface area contributed by atoms with Crippen LogP contribution in [0.5, 0.6) is 5.75 Å². The van der Waals surface area contributed by atoms with Crippen molar-refractivity contribution in [3.05, 3.63) is 29.1 Å². The fourth-order valence-corrected chi connectivity index (χ4v) is 9.31. The minimum Gasteiger partial charge on any atom is -0.616 e. The molecule has 0 aliphatic heterocycles. The molecule has 0 bridgehead atoms. The number of hydrogen-bond acceptors (Lipinski definition) is 4. The van der Waals surface area contributed by atoms with E-state index in [1.807, 2.05) is 7.05 Å². The van der Waals surface area contributed by atoms with Crippen LogP contribution in [-0.2, 0) is 22.4 Å². The molecule has 3 aliphatic carbocycles. The van der Waals surface area contributed by atoms with Gasteiger partial charge in [0.1, 0.15) is 28.9 Å². The van der Waals surface area contributed by atoms with Crippen LogP contribution in [0.1, 0.15) is 94.6 Å². The van der Waals surface area contributed by atoms with E-state index in [1.54, 1.807) is 6.07 Å². The maximum atomic E-state index is 15.1. The number of aromatic hydroxyl groups is 1. The topological polar surface area (TPSA) is 63.6 Å². The van der Waals surface area contributed by atoms with Crippen LogP contribution < -0.4 is 0 Å². The van der Waals surface area contributed by atoms with Gasteiger partial charge in [-0.25, -0.2) is 4.39 Å². The quantitative estimate of drug-likeness (QED) is 0.129. The summed E-state index contributed by atoms with van der Waals surface area (Å²) in [6.07, 6.45) is 0.951. The van der Waals surface area contributed by atoms with Crippen molar-refractivity contribution >= 4 is 17.0 Å². The third kappa shape index (κ3) is 7.86. The summed E-state index contributed by atoms with van der Waals surface area (Å²) in [6.45, 7) is 3.61. The standard InChI is InChI=1S/C32H45F6NO3S/c1-30-13-11-24-28(25(30)9-10-27(30)41)21(18-22-19-23(40)20-26(33)29(22)24)8-4-3-5-14-39(2)15-7-17-43(42)16-6-12-31(34,35)32(36,37)38/h19-21,24-25,28,40H,3-18H2,1-2H3/t21-,24+,25+,28-,30+,43?/m1/s1. The Bertz CT molecular complexity index is 1120. The van der Waals surface area contributed by atoms with Gasteiger partial charge >= 0.3 is 12.1 Å². The second-order valence-electron chi connectivity index (χ2n) is 13.3. The summed E-state index contributed by atoms with van der Waals surface area (Å²) in [5.41, 5.74) is 1.34. The number of alkyl halides is 5. The first-order valence-electron chi connectivity index (χ1n) is 15.7. The number of halogens is 6. The first kappa shape index (κ1) is 34.4. The summed E-state index contributed by atoms with van der Waals surface area (Å²) < 4.78 is 89.9. The Hall–Kier alpha value is -1.46. The Morgan fingerprint density at radius 3 is 2.47 bits per heavy atom. The van der Waals surface area contributed by atoms with Crippen LogP contribution in [0.4, 0.5) is 26.3 Å². The molecule has 0 aromatic heterocycles. The number of Topliss-reactive ketones (excluding diaryl/α,β-unsaturated/α-hetero) is 1. The van der Waals surface area contributed by atoms with Crippen molar-refractivity contribution in [1.29, 1.82) is 0 Å². The van der Waals surface area contributed by atoms with Gasteiger partial charge in [-0.15, -0.1) is 0 Å². The van der Waals surface area contributed by atoms with Crippen molar-refractivity contribution in [1.82, 2.24) is 4.90 Å². The lowest BCUT2D eigenvalue weighted by Crippen LogP contribution is -2.46. The molecule has 1 unspecified atom stereocenters. The number of benzene rings is 1. The Morgan fingerprint density at radius 2 is 1.74 bits per heavy atom. The van der Waals surface area contributed by atoms with Crippen LogP contribution in [0.25, 0.3) is 0 Å². The number of carbonyl (C=O) groups excluding carboxylic acids is 1.